The summed E-state index contributed by atoms with van der Waals surface area (Å²) in [6.45, 7) is 0. The van der Waals surface area contributed by atoms with Crippen molar-refractivity contribution in [3.63, 3.8) is 0 Å². The van der Waals surface area contributed by atoms with E-state index in [0.29, 0.717) is 16.4 Å². The minimum Gasteiger partial charge on any atom is -0.399 e. The van der Waals surface area contributed by atoms with E-state index in [2.05, 4.69) is 5.32 Å². The zero-order chi connectivity index (χ0) is 13.7. The minimum atomic E-state index is -0.195. The number of nitrogens with two attached hydrogens (primary N) is 1. The average Bonchev–Trinajstić information content (AvgIpc) is 2.41. The van der Waals surface area contributed by atoms with Gasteiger partial charge in [0.1, 0.15) is 0 Å². The number of carbonyl (C=O) groups is 1. The molecule has 0 radical (unpaired) electrons. The van der Waals surface area contributed by atoms with Crippen LogP contribution in [-0.4, -0.2) is 5.91 Å². The molecule has 4 heteroatoms. The van der Waals surface area contributed by atoms with Crippen molar-refractivity contribution in [1.29, 1.82) is 0 Å². The van der Waals surface area contributed by atoms with E-state index in [9.17, 15) is 4.79 Å². The van der Waals surface area contributed by atoms with Crippen LogP contribution in [0.5, 0.6) is 0 Å². The van der Waals surface area contributed by atoms with Crippen LogP contribution in [0, 0.1) is 0 Å². The summed E-state index contributed by atoms with van der Waals surface area (Å²) >= 11 is 5.78. The Balaban J connectivity index is 1.97. The number of hydrogen-bond donors (Lipinski definition) is 2. The number of halogens is 1. The Kier molecular flexibility index (Phi) is 4.21. The van der Waals surface area contributed by atoms with Crippen molar-refractivity contribution in [3.8, 4) is 0 Å². The molecule has 2 aromatic rings. The Hall–Kier alpha value is -2.26. The van der Waals surface area contributed by atoms with Gasteiger partial charge in [-0.2, -0.15) is 0 Å². The first-order valence-corrected chi connectivity index (χ1v) is 6.11. The highest BCUT2D eigenvalue weighted by Crippen LogP contribution is 2.12. The van der Waals surface area contributed by atoms with E-state index in [4.69, 9.17) is 17.3 Å². The maximum absolute atomic E-state index is 11.7. The van der Waals surface area contributed by atoms with E-state index in [-0.39, 0.29) is 5.91 Å². The molecule has 0 aromatic heterocycles. The number of rotatable bonds is 3. The molecule has 1 amide bonds. The third kappa shape index (κ3) is 4.16. The van der Waals surface area contributed by atoms with E-state index in [1.165, 1.54) is 6.08 Å². The minimum absolute atomic E-state index is 0.195. The van der Waals surface area contributed by atoms with Gasteiger partial charge in [0.2, 0.25) is 5.91 Å². The smallest absolute Gasteiger partial charge is 0.248 e. The lowest BCUT2D eigenvalue weighted by Crippen LogP contribution is -2.07. The van der Waals surface area contributed by atoms with Crippen molar-refractivity contribution >= 4 is 35.0 Å². The largest absolute Gasteiger partial charge is 0.399 e. The lowest BCUT2D eigenvalue weighted by Gasteiger charge is -2.02. The molecular formula is C15H13ClN2O. The van der Waals surface area contributed by atoms with Crippen molar-refractivity contribution < 1.29 is 4.79 Å². The number of anilines is 2. The van der Waals surface area contributed by atoms with Crippen LogP contribution < -0.4 is 11.1 Å². The molecule has 0 unspecified atom stereocenters. The van der Waals surface area contributed by atoms with Gasteiger partial charge in [-0.25, -0.2) is 0 Å². The quantitative estimate of drug-likeness (QED) is 0.663. The van der Waals surface area contributed by atoms with Crippen molar-refractivity contribution in [3.05, 3.63) is 65.2 Å². The van der Waals surface area contributed by atoms with Crippen LogP contribution in [0.4, 0.5) is 11.4 Å². The fourth-order valence-corrected chi connectivity index (χ4v) is 1.62. The van der Waals surface area contributed by atoms with Gasteiger partial charge in [0, 0.05) is 22.5 Å². The molecule has 3 nitrogen and oxygen atoms in total. The molecule has 96 valence electrons. The lowest BCUT2D eigenvalue weighted by molar-refractivity contribution is -0.111. The maximum atomic E-state index is 11.7. The maximum Gasteiger partial charge on any atom is 0.248 e. The number of nitrogens with one attached hydrogen (secondary N) is 1. The second kappa shape index (κ2) is 6.07. The van der Waals surface area contributed by atoms with Gasteiger partial charge in [-0.15, -0.1) is 0 Å². The third-order valence-electron chi connectivity index (χ3n) is 2.48. The second-order valence-electron chi connectivity index (χ2n) is 4.00. The zero-order valence-corrected chi connectivity index (χ0v) is 10.9. The molecule has 0 saturated carbocycles. The standard InChI is InChI=1S/C15H13ClN2O/c16-12-4-1-11(2-5-12)3-10-15(19)18-14-8-6-13(17)7-9-14/h1-10H,17H2,(H,18,19). The van der Waals surface area contributed by atoms with Gasteiger partial charge in [-0.1, -0.05) is 23.7 Å². The Morgan fingerprint density at radius 1 is 1.05 bits per heavy atom. The van der Waals surface area contributed by atoms with Gasteiger partial charge in [0.25, 0.3) is 0 Å². The number of benzene rings is 2. The van der Waals surface area contributed by atoms with E-state index >= 15 is 0 Å². The van der Waals surface area contributed by atoms with Crippen LogP contribution in [0.1, 0.15) is 5.56 Å². The predicted octanol–water partition coefficient (Wildman–Crippen LogP) is 3.57. The first-order chi connectivity index (χ1) is 9.13. The molecule has 0 bridgehead atoms. The van der Waals surface area contributed by atoms with Crippen LogP contribution in [0.2, 0.25) is 5.02 Å². The predicted molar refractivity (Wildman–Crippen MR) is 80.0 cm³/mol. The number of carbonyl (C=O) groups excluding carboxylic acids is 1. The SMILES string of the molecule is Nc1ccc(NC(=O)C=Cc2ccc(Cl)cc2)cc1. The van der Waals surface area contributed by atoms with E-state index in [0.717, 1.165) is 5.56 Å². The summed E-state index contributed by atoms with van der Waals surface area (Å²) in [6, 6.07) is 14.2. The van der Waals surface area contributed by atoms with Crippen LogP contribution >= 0.6 is 11.6 Å². The zero-order valence-electron chi connectivity index (χ0n) is 10.1. The van der Waals surface area contributed by atoms with Gasteiger partial charge in [0.15, 0.2) is 0 Å². The fourth-order valence-electron chi connectivity index (χ4n) is 1.50. The summed E-state index contributed by atoms with van der Waals surface area (Å²) in [5.74, 6) is -0.195. The van der Waals surface area contributed by atoms with Crippen LogP contribution in [0.25, 0.3) is 6.08 Å². The molecule has 0 aliphatic heterocycles. The summed E-state index contributed by atoms with van der Waals surface area (Å²) in [5, 5.41) is 3.41. The molecule has 0 atom stereocenters. The first kappa shape index (κ1) is 13.2. The average molecular weight is 273 g/mol. The van der Waals surface area contributed by atoms with Crippen molar-refractivity contribution in [2.45, 2.75) is 0 Å². The van der Waals surface area contributed by atoms with Gasteiger partial charge in [-0.3, -0.25) is 4.79 Å². The summed E-state index contributed by atoms with van der Waals surface area (Å²) in [6.07, 6.45) is 3.20. The molecular weight excluding hydrogens is 260 g/mol. The molecule has 2 aromatic carbocycles. The Morgan fingerprint density at radius 2 is 1.68 bits per heavy atom. The van der Waals surface area contributed by atoms with Gasteiger partial charge < -0.3 is 11.1 Å². The Bertz CT molecular complexity index is 589. The highest BCUT2D eigenvalue weighted by Gasteiger charge is 1.97. The van der Waals surface area contributed by atoms with Crippen molar-refractivity contribution in [2.24, 2.45) is 0 Å². The van der Waals surface area contributed by atoms with Gasteiger partial charge in [0.05, 0.1) is 0 Å². The summed E-state index contributed by atoms with van der Waals surface area (Å²) in [5.41, 5.74) is 7.85. The highest BCUT2D eigenvalue weighted by molar-refractivity contribution is 6.30. The summed E-state index contributed by atoms with van der Waals surface area (Å²) < 4.78 is 0. The summed E-state index contributed by atoms with van der Waals surface area (Å²) in [4.78, 5) is 11.7. The molecule has 0 aliphatic rings. The molecule has 0 heterocycles. The normalized spacial score (nSPS) is 10.6. The first-order valence-electron chi connectivity index (χ1n) is 5.74. The van der Waals surface area contributed by atoms with Gasteiger partial charge >= 0.3 is 0 Å². The Labute approximate surface area is 116 Å². The van der Waals surface area contributed by atoms with E-state index in [1.807, 2.05) is 12.1 Å². The molecule has 2 rings (SSSR count). The number of hydrogen-bond acceptors (Lipinski definition) is 2. The van der Waals surface area contributed by atoms with Crippen LogP contribution in [0.3, 0.4) is 0 Å². The Morgan fingerprint density at radius 3 is 2.32 bits per heavy atom. The van der Waals surface area contributed by atoms with E-state index < -0.39 is 0 Å². The molecule has 3 N–H and O–H groups in total. The van der Waals surface area contributed by atoms with Crippen LogP contribution in [-0.2, 0) is 4.79 Å². The molecule has 0 aliphatic carbocycles. The number of nitrogen functional groups attached to an aromatic ring is 1. The molecule has 0 saturated heterocycles. The highest BCUT2D eigenvalue weighted by atomic mass is 35.5. The lowest BCUT2D eigenvalue weighted by atomic mass is 10.2. The summed E-state index contributed by atoms with van der Waals surface area (Å²) in [7, 11) is 0. The monoisotopic (exact) mass is 272 g/mol. The van der Waals surface area contributed by atoms with E-state index in [1.54, 1.807) is 42.5 Å². The molecule has 0 spiro atoms. The van der Waals surface area contributed by atoms with Crippen molar-refractivity contribution in [1.82, 2.24) is 0 Å². The molecule has 0 fully saturated rings. The number of amides is 1. The fraction of sp³-hybridized carbons (Fsp3) is 0. The third-order valence-corrected chi connectivity index (χ3v) is 2.73. The molecule has 19 heavy (non-hydrogen) atoms. The second-order valence-corrected chi connectivity index (χ2v) is 4.43. The van der Waals surface area contributed by atoms with Crippen molar-refractivity contribution in [2.75, 3.05) is 11.1 Å². The van der Waals surface area contributed by atoms with Crippen LogP contribution in [0.15, 0.2) is 54.6 Å². The van der Waals surface area contributed by atoms with Gasteiger partial charge in [-0.05, 0) is 48.0 Å². The topological polar surface area (TPSA) is 55.1 Å².